The lowest BCUT2D eigenvalue weighted by Crippen LogP contribution is -1.93. The van der Waals surface area contributed by atoms with Crippen molar-refractivity contribution in [2.24, 2.45) is 0 Å². The molecule has 1 heterocycles. The van der Waals surface area contributed by atoms with Crippen LogP contribution in [0.15, 0.2) is 21.0 Å². The Morgan fingerprint density at radius 2 is 1.86 bits per heavy atom. The van der Waals surface area contributed by atoms with E-state index >= 15 is 0 Å². The van der Waals surface area contributed by atoms with E-state index in [0.29, 0.717) is 11.3 Å². The molecular formula is C16H20BrNO3S. The van der Waals surface area contributed by atoms with Crippen molar-refractivity contribution in [2.75, 3.05) is 0 Å². The lowest BCUT2D eigenvalue weighted by atomic mass is 10.0. The van der Waals surface area contributed by atoms with Gasteiger partial charge >= 0.3 is 5.97 Å². The molecule has 1 aromatic heterocycles. The van der Waals surface area contributed by atoms with Gasteiger partial charge in [0, 0.05) is 6.42 Å². The number of halogens is 1. The second-order valence-corrected chi connectivity index (χ2v) is 6.71. The van der Waals surface area contributed by atoms with Crippen molar-refractivity contribution >= 4 is 45.2 Å². The van der Waals surface area contributed by atoms with Gasteiger partial charge in [0.05, 0.1) is 9.99 Å². The maximum atomic E-state index is 10.4. The molecule has 0 bridgehead atoms. The van der Waals surface area contributed by atoms with Gasteiger partial charge in [0.15, 0.2) is 5.58 Å². The minimum Gasteiger partial charge on any atom is -0.481 e. The third-order valence-electron chi connectivity index (χ3n) is 3.64. The van der Waals surface area contributed by atoms with Crippen LogP contribution in [-0.2, 0) is 11.2 Å². The molecule has 0 aliphatic carbocycles. The summed E-state index contributed by atoms with van der Waals surface area (Å²) in [7, 11) is 0. The van der Waals surface area contributed by atoms with Gasteiger partial charge in [0.1, 0.15) is 0 Å². The number of rotatable bonds is 9. The number of hydrogen-bond donors (Lipinski definition) is 2. The number of aryl methyl sites for hydroxylation is 1. The summed E-state index contributed by atoms with van der Waals surface area (Å²) in [5.41, 5.74) is 2.97. The van der Waals surface area contributed by atoms with E-state index < -0.39 is 5.97 Å². The SMILES string of the molecule is O=C(O)CCCCCCCCc1cc(Br)c2oc(=S)[nH]c2c1. The number of benzene rings is 1. The number of oxazole rings is 1. The van der Waals surface area contributed by atoms with Gasteiger partial charge in [0.25, 0.3) is 4.84 Å². The largest absolute Gasteiger partial charge is 0.481 e. The molecule has 0 spiro atoms. The first-order valence-electron chi connectivity index (χ1n) is 7.59. The van der Waals surface area contributed by atoms with Crippen molar-refractivity contribution in [3.63, 3.8) is 0 Å². The molecule has 22 heavy (non-hydrogen) atoms. The van der Waals surface area contributed by atoms with E-state index in [0.717, 1.165) is 54.1 Å². The van der Waals surface area contributed by atoms with E-state index in [4.69, 9.17) is 21.7 Å². The number of H-pyrrole nitrogens is 1. The molecule has 0 radical (unpaired) electrons. The van der Waals surface area contributed by atoms with Gasteiger partial charge in [-0.3, -0.25) is 4.79 Å². The fourth-order valence-corrected chi connectivity index (χ4v) is 3.31. The second-order valence-electron chi connectivity index (χ2n) is 5.48. The number of fused-ring (bicyclic) bond motifs is 1. The number of carboxylic acids is 1. The Morgan fingerprint density at radius 1 is 1.18 bits per heavy atom. The zero-order chi connectivity index (χ0) is 15.9. The molecule has 0 saturated carbocycles. The quantitative estimate of drug-likeness (QED) is 0.434. The third-order valence-corrected chi connectivity index (χ3v) is 4.42. The summed E-state index contributed by atoms with van der Waals surface area (Å²) in [4.78, 5) is 13.8. The van der Waals surface area contributed by atoms with Crippen molar-refractivity contribution in [3.8, 4) is 0 Å². The van der Waals surface area contributed by atoms with Crippen LogP contribution in [-0.4, -0.2) is 16.1 Å². The highest BCUT2D eigenvalue weighted by atomic mass is 79.9. The topological polar surface area (TPSA) is 66.2 Å². The van der Waals surface area contributed by atoms with Crippen LogP contribution in [0.2, 0.25) is 0 Å². The number of carbonyl (C=O) groups is 1. The average Bonchev–Trinajstić information content (AvgIpc) is 2.82. The molecule has 2 aromatic rings. The Morgan fingerprint density at radius 3 is 2.59 bits per heavy atom. The lowest BCUT2D eigenvalue weighted by Gasteiger charge is -2.03. The van der Waals surface area contributed by atoms with Gasteiger partial charge in [-0.1, -0.05) is 25.7 Å². The Hall–Kier alpha value is -1.14. The molecule has 6 heteroatoms. The number of carboxylic acid groups (broad SMARTS) is 1. The van der Waals surface area contributed by atoms with E-state index in [1.54, 1.807) is 0 Å². The Balaban J connectivity index is 1.71. The van der Waals surface area contributed by atoms with Crippen LogP contribution in [0, 0.1) is 4.84 Å². The van der Waals surface area contributed by atoms with Crippen LogP contribution in [0.1, 0.15) is 50.5 Å². The molecule has 4 nitrogen and oxygen atoms in total. The minimum atomic E-state index is -0.695. The normalized spacial score (nSPS) is 11.1. The zero-order valence-electron chi connectivity index (χ0n) is 12.4. The van der Waals surface area contributed by atoms with E-state index in [9.17, 15) is 4.79 Å². The maximum absolute atomic E-state index is 10.4. The predicted molar refractivity (Wildman–Crippen MR) is 92.8 cm³/mol. The number of aromatic amines is 1. The van der Waals surface area contributed by atoms with Crippen molar-refractivity contribution in [3.05, 3.63) is 27.0 Å². The molecule has 1 aromatic carbocycles. The van der Waals surface area contributed by atoms with Gasteiger partial charge in [0.2, 0.25) is 0 Å². The molecule has 0 fully saturated rings. The molecule has 0 unspecified atom stereocenters. The first-order valence-corrected chi connectivity index (χ1v) is 8.79. The number of unbranched alkanes of at least 4 members (excludes halogenated alkanes) is 5. The Kier molecular flexibility index (Phi) is 6.64. The van der Waals surface area contributed by atoms with Crippen molar-refractivity contribution < 1.29 is 14.3 Å². The summed E-state index contributed by atoms with van der Waals surface area (Å²) in [5.74, 6) is -0.695. The van der Waals surface area contributed by atoms with E-state index in [1.165, 1.54) is 12.0 Å². The highest BCUT2D eigenvalue weighted by Crippen LogP contribution is 2.26. The third kappa shape index (κ3) is 5.25. The summed E-state index contributed by atoms with van der Waals surface area (Å²) < 4.78 is 6.35. The van der Waals surface area contributed by atoms with Crippen molar-refractivity contribution in [2.45, 2.75) is 51.4 Å². The molecule has 0 aliphatic heterocycles. The molecule has 0 amide bonds. The van der Waals surface area contributed by atoms with Gasteiger partial charge in [-0.05, 0) is 65.1 Å². The van der Waals surface area contributed by atoms with E-state index in [2.05, 4.69) is 33.0 Å². The zero-order valence-corrected chi connectivity index (χ0v) is 14.8. The molecule has 120 valence electrons. The average molecular weight is 386 g/mol. The molecule has 0 atom stereocenters. The molecule has 0 aliphatic rings. The fraction of sp³-hybridized carbons (Fsp3) is 0.500. The van der Waals surface area contributed by atoms with E-state index in [-0.39, 0.29) is 0 Å². The fourth-order valence-electron chi connectivity index (χ4n) is 2.53. The van der Waals surface area contributed by atoms with Gasteiger partial charge in [-0.25, -0.2) is 0 Å². The van der Waals surface area contributed by atoms with Crippen LogP contribution in [0.4, 0.5) is 0 Å². The highest BCUT2D eigenvalue weighted by molar-refractivity contribution is 9.10. The predicted octanol–water partition coefficient (Wildman–Crippen LogP) is 5.61. The maximum Gasteiger partial charge on any atom is 0.303 e. The lowest BCUT2D eigenvalue weighted by molar-refractivity contribution is -0.137. The van der Waals surface area contributed by atoms with Gasteiger partial charge in [-0.15, -0.1) is 0 Å². The summed E-state index contributed by atoms with van der Waals surface area (Å²) >= 11 is 8.52. The molecule has 2 rings (SSSR count). The van der Waals surface area contributed by atoms with Gasteiger partial charge in [-0.2, -0.15) is 0 Å². The van der Waals surface area contributed by atoms with Crippen LogP contribution in [0.3, 0.4) is 0 Å². The van der Waals surface area contributed by atoms with Crippen LogP contribution in [0.5, 0.6) is 0 Å². The first kappa shape index (κ1) is 17.2. The van der Waals surface area contributed by atoms with Crippen LogP contribution < -0.4 is 0 Å². The van der Waals surface area contributed by atoms with Crippen LogP contribution in [0.25, 0.3) is 11.1 Å². The Bertz CT molecular complexity index is 692. The second kappa shape index (κ2) is 8.48. The number of nitrogens with one attached hydrogen (secondary N) is 1. The van der Waals surface area contributed by atoms with Crippen molar-refractivity contribution in [1.82, 2.24) is 4.98 Å². The highest BCUT2D eigenvalue weighted by Gasteiger charge is 2.06. The monoisotopic (exact) mass is 385 g/mol. The molecular weight excluding hydrogens is 366 g/mol. The number of hydrogen-bond acceptors (Lipinski definition) is 3. The first-order chi connectivity index (χ1) is 10.6. The van der Waals surface area contributed by atoms with Crippen molar-refractivity contribution in [1.29, 1.82) is 0 Å². The van der Waals surface area contributed by atoms with E-state index in [1.807, 2.05) is 0 Å². The summed E-state index contributed by atoms with van der Waals surface area (Å²) in [6.07, 6.45) is 7.70. The number of aliphatic carboxylic acids is 1. The van der Waals surface area contributed by atoms with Gasteiger partial charge < -0.3 is 14.5 Å². The number of aromatic nitrogens is 1. The standard InChI is InChI=1S/C16H20BrNO3S/c17-12-9-11(10-13-15(12)21-16(22)18-13)7-5-3-1-2-4-6-8-14(19)20/h9-10H,1-8H2,(H,18,22)(H,19,20). The molecule has 0 saturated heterocycles. The summed E-state index contributed by atoms with van der Waals surface area (Å²) in [5, 5.41) is 8.56. The smallest absolute Gasteiger partial charge is 0.303 e. The Labute approximate surface area is 143 Å². The molecule has 2 N–H and O–H groups in total. The summed E-state index contributed by atoms with van der Waals surface area (Å²) in [6.45, 7) is 0. The minimum absolute atomic E-state index is 0.292. The summed E-state index contributed by atoms with van der Waals surface area (Å²) in [6, 6.07) is 4.17. The van der Waals surface area contributed by atoms with Crippen LogP contribution >= 0.6 is 28.1 Å².